The van der Waals surface area contributed by atoms with Crippen molar-refractivity contribution in [2.75, 3.05) is 0 Å². The second kappa shape index (κ2) is 7.57. The van der Waals surface area contributed by atoms with Gasteiger partial charge < -0.3 is 5.11 Å². The van der Waals surface area contributed by atoms with Crippen molar-refractivity contribution in [1.29, 1.82) is 0 Å². The van der Waals surface area contributed by atoms with E-state index in [-0.39, 0.29) is 17.8 Å². The third-order valence-electron chi connectivity index (χ3n) is 5.17. The minimum absolute atomic E-state index is 0.153. The molecule has 0 aliphatic heterocycles. The van der Waals surface area contributed by atoms with Gasteiger partial charge in [-0.1, -0.05) is 37.3 Å². The quantitative estimate of drug-likeness (QED) is 0.426. The van der Waals surface area contributed by atoms with Crippen molar-refractivity contribution in [3.05, 3.63) is 36.0 Å². The van der Waals surface area contributed by atoms with Gasteiger partial charge in [-0.05, 0) is 62.4 Å². The van der Waals surface area contributed by atoms with E-state index in [1.54, 1.807) is 6.92 Å². The second-order valence-electron chi connectivity index (χ2n) is 6.85. The first kappa shape index (κ1) is 18.4. The minimum atomic E-state index is -0.767. The summed E-state index contributed by atoms with van der Waals surface area (Å²) < 4.78 is 0. The van der Waals surface area contributed by atoms with Crippen molar-refractivity contribution in [3.8, 4) is 0 Å². The molecule has 1 saturated carbocycles. The van der Waals surface area contributed by atoms with Crippen molar-refractivity contribution in [2.45, 2.75) is 52.9 Å². The van der Waals surface area contributed by atoms with Gasteiger partial charge in [0.2, 0.25) is 0 Å². The molecule has 122 valence electrons. The van der Waals surface area contributed by atoms with E-state index in [2.05, 4.69) is 20.1 Å². The van der Waals surface area contributed by atoms with E-state index in [0.717, 1.165) is 31.1 Å². The fraction of sp³-hybridized carbons (Fsp3) is 0.579. The molecule has 3 nitrogen and oxygen atoms in total. The first-order chi connectivity index (χ1) is 10.2. The average Bonchev–Trinajstić information content (AvgIpc) is 2.44. The third-order valence-corrected chi connectivity index (χ3v) is 5.17. The minimum Gasteiger partial charge on any atom is -0.481 e. The first-order valence-electron chi connectivity index (χ1n) is 7.89. The van der Waals surface area contributed by atoms with Crippen LogP contribution in [0.15, 0.2) is 36.0 Å². The highest BCUT2D eigenvalue weighted by atomic mass is 16.4. The highest BCUT2D eigenvalue weighted by Gasteiger charge is 2.45. The Hall–Kier alpha value is -1.64. The van der Waals surface area contributed by atoms with Gasteiger partial charge in [0, 0.05) is 6.42 Å². The molecular formula is C19H28O3. The lowest BCUT2D eigenvalue weighted by Gasteiger charge is -2.49. The molecule has 3 heteroatoms. The molecule has 0 amide bonds. The van der Waals surface area contributed by atoms with Crippen LogP contribution in [0.3, 0.4) is 0 Å². The normalized spacial score (nSPS) is 29.2. The fourth-order valence-electron chi connectivity index (χ4n) is 3.86. The standard InChI is InChI=1S/C19H28O3/c1-13(2)16-9-7-15(4)17(8-6-14(3)12-20)19(16,5)11-10-18(21)22/h6,12,16-17H,1,4,7-11H2,2-3,5H3,(H,21,22)/b14-6+. The zero-order valence-corrected chi connectivity index (χ0v) is 14.0. The summed E-state index contributed by atoms with van der Waals surface area (Å²) in [6.45, 7) is 14.3. The molecule has 0 bridgehead atoms. The zero-order chi connectivity index (χ0) is 16.9. The van der Waals surface area contributed by atoms with Crippen molar-refractivity contribution >= 4 is 12.3 Å². The van der Waals surface area contributed by atoms with Crippen LogP contribution in [-0.2, 0) is 9.59 Å². The molecule has 0 saturated heterocycles. The molecule has 0 aromatic carbocycles. The Bertz CT molecular complexity index is 501. The van der Waals surface area contributed by atoms with Crippen LogP contribution in [0.1, 0.15) is 52.9 Å². The van der Waals surface area contributed by atoms with E-state index in [0.29, 0.717) is 17.9 Å². The molecular weight excluding hydrogens is 276 g/mol. The number of hydrogen-bond donors (Lipinski definition) is 1. The number of aldehydes is 1. The lowest BCUT2D eigenvalue weighted by atomic mass is 9.55. The number of carboxylic acid groups (broad SMARTS) is 1. The summed E-state index contributed by atoms with van der Waals surface area (Å²) in [6, 6.07) is 0. The Morgan fingerprint density at radius 3 is 2.59 bits per heavy atom. The van der Waals surface area contributed by atoms with Gasteiger partial charge in [0.25, 0.3) is 0 Å². The maximum atomic E-state index is 11.1. The number of carboxylic acids is 1. The molecule has 3 unspecified atom stereocenters. The van der Waals surface area contributed by atoms with Crippen LogP contribution in [-0.4, -0.2) is 17.4 Å². The fourth-order valence-corrected chi connectivity index (χ4v) is 3.86. The Labute approximate surface area is 133 Å². The average molecular weight is 304 g/mol. The van der Waals surface area contributed by atoms with Gasteiger partial charge in [-0.3, -0.25) is 9.59 Å². The van der Waals surface area contributed by atoms with Gasteiger partial charge >= 0.3 is 5.97 Å². The summed E-state index contributed by atoms with van der Waals surface area (Å²) in [6.07, 6.45) is 6.23. The van der Waals surface area contributed by atoms with Crippen LogP contribution in [0, 0.1) is 17.3 Å². The topological polar surface area (TPSA) is 54.4 Å². The van der Waals surface area contributed by atoms with Crippen LogP contribution in [0.5, 0.6) is 0 Å². The lowest BCUT2D eigenvalue weighted by molar-refractivity contribution is -0.138. The summed E-state index contributed by atoms with van der Waals surface area (Å²) in [7, 11) is 0. The number of carbonyl (C=O) groups excluding carboxylic acids is 1. The molecule has 1 N–H and O–H groups in total. The van der Waals surface area contributed by atoms with E-state index in [9.17, 15) is 9.59 Å². The van der Waals surface area contributed by atoms with Crippen LogP contribution in [0.4, 0.5) is 0 Å². The smallest absolute Gasteiger partial charge is 0.303 e. The Balaban J connectivity index is 3.13. The maximum absolute atomic E-state index is 11.1. The number of rotatable bonds is 7. The number of carbonyl (C=O) groups is 2. The van der Waals surface area contributed by atoms with E-state index < -0.39 is 5.97 Å². The molecule has 3 atom stereocenters. The molecule has 0 heterocycles. The Kier molecular flexibility index (Phi) is 6.34. The third kappa shape index (κ3) is 4.19. The van der Waals surface area contributed by atoms with Crippen molar-refractivity contribution in [3.63, 3.8) is 0 Å². The van der Waals surface area contributed by atoms with E-state index in [1.165, 1.54) is 5.57 Å². The summed E-state index contributed by atoms with van der Waals surface area (Å²) in [5.74, 6) is -0.277. The number of aliphatic carboxylic acids is 1. The summed E-state index contributed by atoms with van der Waals surface area (Å²) >= 11 is 0. The highest BCUT2D eigenvalue weighted by Crippen LogP contribution is 2.54. The highest BCUT2D eigenvalue weighted by molar-refractivity contribution is 5.72. The zero-order valence-electron chi connectivity index (χ0n) is 14.0. The van der Waals surface area contributed by atoms with Gasteiger partial charge in [0.1, 0.15) is 6.29 Å². The SMILES string of the molecule is C=C(C)C1CCC(=C)C(C/C=C(\C)C=O)C1(C)CCC(=O)O. The summed E-state index contributed by atoms with van der Waals surface area (Å²) in [4.78, 5) is 21.9. The molecule has 1 rings (SSSR count). The number of allylic oxidation sites excluding steroid dienone is 4. The molecule has 22 heavy (non-hydrogen) atoms. The molecule has 1 aliphatic rings. The predicted octanol–water partition coefficient (Wildman–Crippen LogP) is 4.55. The van der Waals surface area contributed by atoms with E-state index >= 15 is 0 Å². The first-order valence-corrected chi connectivity index (χ1v) is 7.89. The molecule has 0 aromatic heterocycles. The Morgan fingerprint density at radius 2 is 2.09 bits per heavy atom. The van der Waals surface area contributed by atoms with Gasteiger partial charge in [0.05, 0.1) is 0 Å². The lowest BCUT2D eigenvalue weighted by Crippen LogP contribution is -2.41. The Morgan fingerprint density at radius 1 is 1.45 bits per heavy atom. The monoisotopic (exact) mass is 304 g/mol. The van der Waals surface area contributed by atoms with Crippen LogP contribution in [0.25, 0.3) is 0 Å². The van der Waals surface area contributed by atoms with Crippen molar-refractivity contribution in [2.24, 2.45) is 17.3 Å². The molecule has 0 aromatic rings. The second-order valence-corrected chi connectivity index (χ2v) is 6.85. The largest absolute Gasteiger partial charge is 0.481 e. The van der Waals surface area contributed by atoms with E-state index in [4.69, 9.17) is 5.11 Å². The van der Waals surface area contributed by atoms with Crippen molar-refractivity contribution < 1.29 is 14.7 Å². The molecule has 0 spiro atoms. The molecule has 1 fully saturated rings. The predicted molar refractivity (Wildman–Crippen MR) is 89.6 cm³/mol. The van der Waals surface area contributed by atoms with Crippen LogP contribution in [0.2, 0.25) is 0 Å². The van der Waals surface area contributed by atoms with Gasteiger partial charge in [-0.15, -0.1) is 0 Å². The maximum Gasteiger partial charge on any atom is 0.303 e. The van der Waals surface area contributed by atoms with Crippen LogP contribution >= 0.6 is 0 Å². The van der Waals surface area contributed by atoms with E-state index in [1.807, 2.05) is 13.0 Å². The summed E-state index contributed by atoms with van der Waals surface area (Å²) in [5, 5.41) is 9.09. The van der Waals surface area contributed by atoms with Crippen molar-refractivity contribution in [1.82, 2.24) is 0 Å². The summed E-state index contributed by atoms with van der Waals surface area (Å²) in [5.41, 5.74) is 2.83. The van der Waals surface area contributed by atoms with Gasteiger partial charge in [-0.25, -0.2) is 0 Å². The van der Waals surface area contributed by atoms with Crippen LogP contribution < -0.4 is 0 Å². The van der Waals surface area contributed by atoms with Gasteiger partial charge in [0.15, 0.2) is 0 Å². The molecule has 1 aliphatic carbocycles. The number of hydrogen-bond acceptors (Lipinski definition) is 2. The van der Waals surface area contributed by atoms with Gasteiger partial charge in [-0.2, -0.15) is 0 Å². The molecule has 0 radical (unpaired) electrons.